The number of hydrogen-bond acceptors (Lipinski definition) is 7. The van der Waals surface area contributed by atoms with Crippen LogP contribution < -0.4 is 5.32 Å². The lowest BCUT2D eigenvalue weighted by molar-refractivity contribution is 0.0592. The number of carbonyl (C=O) groups excluding carboxylic acids is 3. The quantitative estimate of drug-likeness (QED) is 0.866. The number of rotatable bonds is 4. The van der Waals surface area contributed by atoms with Crippen LogP contribution >= 0.6 is 11.3 Å². The van der Waals surface area contributed by atoms with Crippen LogP contribution in [0.3, 0.4) is 0 Å². The first-order valence-corrected chi connectivity index (χ1v) is 6.91. The van der Waals surface area contributed by atoms with E-state index in [1.807, 2.05) is 0 Å². The summed E-state index contributed by atoms with van der Waals surface area (Å²) in [6, 6.07) is 6.24. The van der Waals surface area contributed by atoms with Crippen molar-refractivity contribution in [1.29, 1.82) is 0 Å². The summed E-state index contributed by atoms with van der Waals surface area (Å²) in [5.41, 5.74) is 0.302. The van der Waals surface area contributed by atoms with Crippen molar-refractivity contribution in [2.45, 2.75) is 0 Å². The van der Waals surface area contributed by atoms with E-state index in [0.29, 0.717) is 0 Å². The van der Waals surface area contributed by atoms with E-state index < -0.39 is 17.8 Å². The van der Waals surface area contributed by atoms with E-state index in [2.05, 4.69) is 19.8 Å². The van der Waals surface area contributed by atoms with Crippen LogP contribution in [0.25, 0.3) is 0 Å². The van der Waals surface area contributed by atoms with Crippen LogP contribution in [0.1, 0.15) is 30.4 Å². The molecule has 22 heavy (non-hydrogen) atoms. The second kappa shape index (κ2) is 6.81. The summed E-state index contributed by atoms with van der Waals surface area (Å²) >= 11 is 0.975. The molecular formula is C14H12N2O5S. The van der Waals surface area contributed by atoms with E-state index in [1.54, 1.807) is 12.1 Å². The van der Waals surface area contributed by atoms with Crippen LogP contribution in [0.2, 0.25) is 0 Å². The number of esters is 2. The van der Waals surface area contributed by atoms with Gasteiger partial charge in [-0.25, -0.2) is 14.6 Å². The topological polar surface area (TPSA) is 94.6 Å². The number of carbonyl (C=O) groups is 3. The molecular weight excluding hydrogens is 308 g/mol. The molecule has 0 saturated carbocycles. The van der Waals surface area contributed by atoms with Gasteiger partial charge in [-0.05, 0) is 12.1 Å². The molecule has 1 N–H and O–H groups in total. The molecule has 0 aliphatic carbocycles. The SMILES string of the molecule is COC(=O)c1cnc(NC(=O)c2ccccc2C(=O)OC)s1. The number of nitrogens with one attached hydrogen (secondary N) is 1. The van der Waals surface area contributed by atoms with Crippen molar-refractivity contribution in [3.05, 3.63) is 46.5 Å². The number of amides is 1. The molecule has 1 heterocycles. The minimum absolute atomic E-state index is 0.146. The van der Waals surface area contributed by atoms with Crippen molar-refractivity contribution in [2.75, 3.05) is 19.5 Å². The Labute approximate surface area is 129 Å². The van der Waals surface area contributed by atoms with E-state index >= 15 is 0 Å². The molecule has 1 amide bonds. The van der Waals surface area contributed by atoms with Gasteiger partial charge in [0.1, 0.15) is 4.88 Å². The highest BCUT2D eigenvalue weighted by Gasteiger charge is 2.19. The van der Waals surface area contributed by atoms with Crippen molar-refractivity contribution in [3.63, 3.8) is 0 Å². The fraction of sp³-hybridized carbons (Fsp3) is 0.143. The first kappa shape index (κ1) is 15.6. The zero-order valence-corrected chi connectivity index (χ0v) is 12.6. The summed E-state index contributed by atoms with van der Waals surface area (Å²) in [5, 5.41) is 2.76. The first-order chi connectivity index (χ1) is 10.6. The van der Waals surface area contributed by atoms with Gasteiger partial charge in [-0.2, -0.15) is 0 Å². The van der Waals surface area contributed by atoms with Crippen LogP contribution in [-0.4, -0.2) is 37.0 Å². The zero-order valence-electron chi connectivity index (χ0n) is 11.8. The summed E-state index contributed by atoms with van der Waals surface area (Å²) in [4.78, 5) is 39.4. The predicted octanol–water partition coefficient (Wildman–Crippen LogP) is 1.97. The Morgan fingerprint density at radius 1 is 1.05 bits per heavy atom. The normalized spacial score (nSPS) is 9.91. The number of aromatic nitrogens is 1. The molecule has 2 aromatic rings. The summed E-state index contributed by atoms with van der Waals surface area (Å²) in [6.45, 7) is 0. The van der Waals surface area contributed by atoms with Gasteiger partial charge in [0.25, 0.3) is 5.91 Å². The second-order valence-corrected chi connectivity index (χ2v) is 5.04. The predicted molar refractivity (Wildman–Crippen MR) is 79.2 cm³/mol. The molecule has 2 rings (SSSR count). The molecule has 7 nitrogen and oxygen atoms in total. The second-order valence-electron chi connectivity index (χ2n) is 4.01. The number of benzene rings is 1. The van der Waals surface area contributed by atoms with E-state index in [1.165, 1.54) is 32.5 Å². The number of hydrogen-bond donors (Lipinski definition) is 1. The fourth-order valence-corrected chi connectivity index (χ4v) is 2.39. The van der Waals surface area contributed by atoms with Gasteiger partial charge < -0.3 is 9.47 Å². The molecule has 0 bridgehead atoms. The molecule has 0 fully saturated rings. The van der Waals surface area contributed by atoms with Gasteiger partial charge in [-0.1, -0.05) is 23.5 Å². The maximum Gasteiger partial charge on any atom is 0.349 e. The highest BCUT2D eigenvalue weighted by Crippen LogP contribution is 2.20. The first-order valence-electron chi connectivity index (χ1n) is 6.09. The Hall–Kier alpha value is -2.74. The van der Waals surface area contributed by atoms with Crippen molar-refractivity contribution in [2.24, 2.45) is 0 Å². The molecule has 0 saturated heterocycles. The molecule has 114 valence electrons. The van der Waals surface area contributed by atoms with Gasteiger partial charge in [0.2, 0.25) is 0 Å². The van der Waals surface area contributed by atoms with Gasteiger partial charge in [0.05, 0.1) is 31.5 Å². The molecule has 0 spiro atoms. The maximum atomic E-state index is 12.2. The van der Waals surface area contributed by atoms with E-state index in [9.17, 15) is 14.4 Å². The Morgan fingerprint density at radius 3 is 2.32 bits per heavy atom. The number of nitrogens with zero attached hydrogens (tertiary/aromatic N) is 1. The summed E-state index contributed by atoms with van der Waals surface area (Å²) in [7, 11) is 2.49. The molecule has 0 unspecified atom stereocenters. The molecule has 0 aliphatic heterocycles. The highest BCUT2D eigenvalue weighted by molar-refractivity contribution is 7.17. The van der Waals surface area contributed by atoms with Gasteiger partial charge in [-0.3, -0.25) is 10.1 Å². The van der Waals surface area contributed by atoms with Gasteiger partial charge >= 0.3 is 11.9 Å². The zero-order chi connectivity index (χ0) is 16.1. The number of anilines is 1. The third-order valence-electron chi connectivity index (χ3n) is 2.69. The number of ether oxygens (including phenoxy) is 2. The lowest BCUT2D eigenvalue weighted by atomic mass is 10.1. The Kier molecular flexibility index (Phi) is 4.84. The molecule has 0 radical (unpaired) electrons. The van der Waals surface area contributed by atoms with E-state index in [4.69, 9.17) is 0 Å². The van der Waals surface area contributed by atoms with Crippen molar-refractivity contribution < 1.29 is 23.9 Å². The molecule has 1 aromatic carbocycles. The van der Waals surface area contributed by atoms with E-state index in [-0.39, 0.29) is 21.1 Å². The lowest BCUT2D eigenvalue weighted by Gasteiger charge is -2.06. The summed E-state index contributed by atoms with van der Waals surface area (Å²) < 4.78 is 9.20. The molecule has 8 heteroatoms. The van der Waals surface area contributed by atoms with E-state index in [0.717, 1.165) is 11.3 Å². The monoisotopic (exact) mass is 320 g/mol. The molecule has 0 atom stereocenters. The van der Waals surface area contributed by atoms with Crippen molar-refractivity contribution >= 4 is 34.3 Å². The largest absolute Gasteiger partial charge is 0.465 e. The average Bonchev–Trinajstić information content (AvgIpc) is 3.01. The Balaban J connectivity index is 2.21. The molecule has 0 aliphatic rings. The summed E-state index contributed by atoms with van der Waals surface area (Å²) in [5.74, 6) is -1.67. The maximum absolute atomic E-state index is 12.2. The molecule has 1 aromatic heterocycles. The minimum atomic E-state index is -0.611. The van der Waals surface area contributed by atoms with Gasteiger partial charge in [0.15, 0.2) is 5.13 Å². The van der Waals surface area contributed by atoms with Gasteiger partial charge in [0, 0.05) is 0 Å². The Bertz CT molecular complexity index is 726. The van der Waals surface area contributed by atoms with Crippen LogP contribution in [0.15, 0.2) is 30.5 Å². The number of methoxy groups -OCH3 is 2. The fourth-order valence-electron chi connectivity index (χ4n) is 1.66. The third-order valence-corrected chi connectivity index (χ3v) is 3.58. The third kappa shape index (κ3) is 3.29. The van der Waals surface area contributed by atoms with Crippen LogP contribution in [-0.2, 0) is 9.47 Å². The lowest BCUT2D eigenvalue weighted by Crippen LogP contribution is -2.16. The van der Waals surface area contributed by atoms with Crippen LogP contribution in [0.5, 0.6) is 0 Å². The number of thiazole rings is 1. The van der Waals surface area contributed by atoms with Gasteiger partial charge in [-0.15, -0.1) is 0 Å². The van der Waals surface area contributed by atoms with Crippen molar-refractivity contribution in [1.82, 2.24) is 4.98 Å². The minimum Gasteiger partial charge on any atom is -0.465 e. The highest BCUT2D eigenvalue weighted by atomic mass is 32.1. The smallest absolute Gasteiger partial charge is 0.349 e. The Morgan fingerprint density at radius 2 is 1.68 bits per heavy atom. The van der Waals surface area contributed by atoms with Crippen LogP contribution in [0, 0.1) is 0 Å². The van der Waals surface area contributed by atoms with Crippen molar-refractivity contribution in [3.8, 4) is 0 Å². The van der Waals surface area contributed by atoms with Crippen LogP contribution in [0.4, 0.5) is 5.13 Å². The standard InChI is InChI=1S/C14H12N2O5S/c1-20-12(18)9-6-4-3-5-8(9)11(17)16-14-15-7-10(22-14)13(19)21-2/h3-7H,1-2H3,(H,15,16,17). The average molecular weight is 320 g/mol. The summed E-state index contributed by atoms with van der Waals surface area (Å²) in [6.07, 6.45) is 1.30.